The monoisotopic (exact) mass is 288 g/mol. The fourth-order valence-electron chi connectivity index (χ4n) is 1.90. The van der Waals surface area contributed by atoms with Crippen molar-refractivity contribution >= 4 is 0 Å². The summed E-state index contributed by atoms with van der Waals surface area (Å²) in [6.45, 7) is 0.899. The first-order valence-electron chi connectivity index (χ1n) is 6.97. The maximum absolute atomic E-state index is 9.44. The van der Waals surface area contributed by atoms with Crippen molar-refractivity contribution in [2.75, 3.05) is 13.2 Å². The zero-order chi connectivity index (χ0) is 14.9. The predicted octanol–water partition coefficient (Wildman–Crippen LogP) is 2.52. The molecule has 2 N–H and O–H groups in total. The molecule has 4 nitrogen and oxygen atoms in total. The van der Waals surface area contributed by atoms with Crippen LogP contribution in [0.4, 0.5) is 0 Å². The number of aliphatic hydroxyl groups is 2. The minimum Gasteiger partial charge on any atom is -0.493 e. The first-order valence-corrected chi connectivity index (χ1v) is 6.97. The Bertz CT molecular complexity index is 540. The summed E-state index contributed by atoms with van der Waals surface area (Å²) >= 11 is 0. The Morgan fingerprint density at radius 3 is 2.43 bits per heavy atom. The Labute approximate surface area is 124 Å². The van der Waals surface area contributed by atoms with Gasteiger partial charge in [-0.2, -0.15) is 0 Å². The lowest BCUT2D eigenvalue weighted by molar-refractivity contribution is 0.231. The Morgan fingerprint density at radius 1 is 0.905 bits per heavy atom. The molecule has 0 saturated heterocycles. The number of benzene rings is 2. The van der Waals surface area contributed by atoms with Gasteiger partial charge in [-0.1, -0.05) is 30.3 Å². The summed E-state index contributed by atoms with van der Waals surface area (Å²) in [5, 5.41) is 18.2. The molecule has 2 rings (SSSR count). The van der Waals surface area contributed by atoms with E-state index < -0.39 is 0 Å². The summed E-state index contributed by atoms with van der Waals surface area (Å²) in [6, 6.07) is 15.2. The van der Waals surface area contributed by atoms with E-state index in [1.807, 2.05) is 30.3 Å². The lowest BCUT2D eigenvalue weighted by atomic mass is 10.2. The van der Waals surface area contributed by atoms with Gasteiger partial charge in [0, 0.05) is 18.6 Å². The average Bonchev–Trinajstić information content (AvgIpc) is 2.54. The van der Waals surface area contributed by atoms with Crippen LogP contribution in [-0.2, 0) is 13.2 Å². The Hall–Kier alpha value is -2.04. The fraction of sp³-hybridized carbons (Fsp3) is 0.294. The second-order valence-corrected chi connectivity index (χ2v) is 4.63. The van der Waals surface area contributed by atoms with E-state index in [4.69, 9.17) is 14.6 Å². The van der Waals surface area contributed by atoms with Crippen LogP contribution in [0, 0.1) is 0 Å². The van der Waals surface area contributed by atoms with Gasteiger partial charge in [0.1, 0.15) is 18.1 Å². The van der Waals surface area contributed by atoms with Crippen molar-refractivity contribution in [2.24, 2.45) is 0 Å². The quantitative estimate of drug-likeness (QED) is 0.733. The summed E-state index contributed by atoms with van der Waals surface area (Å²) in [5.41, 5.74) is 1.76. The van der Waals surface area contributed by atoms with E-state index in [-0.39, 0.29) is 13.2 Å². The van der Waals surface area contributed by atoms with E-state index in [1.165, 1.54) is 0 Å². The molecule has 112 valence electrons. The van der Waals surface area contributed by atoms with E-state index in [0.717, 1.165) is 5.56 Å². The third-order valence-corrected chi connectivity index (χ3v) is 3.01. The molecule has 0 radical (unpaired) electrons. The number of rotatable bonds is 8. The first kappa shape index (κ1) is 15.4. The SMILES string of the molecule is OCCCOc1ccc(OCc2ccccc2)c(CO)c1. The lowest BCUT2D eigenvalue weighted by Gasteiger charge is -2.12. The van der Waals surface area contributed by atoms with E-state index in [2.05, 4.69) is 0 Å². The van der Waals surface area contributed by atoms with E-state index in [0.29, 0.717) is 36.7 Å². The molecular formula is C17H20O4. The van der Waals surface area contributed by atoms with Crippen LogP contribution in [0.1, 0.15) is 17.5 Å². The van der Waals surface area contributed by atoms with Crippen molar-refractivity contribution in [3.63, 3.8) is 0 Å². The van der Waals surface area contributed by atoms with Crippen LogP contribution < -0.4 is 9.47 Å². The maximum Gasteiger partial charge on any atom is 0.125 e. The number of aliphatic hydroxyl groups excluding tert-OH is 2. The summed E-state index contributed by atoms with van der Waals surface area (Å²) in [4.78, 5) is 0. The number of ether oxygens (including phenoxy) is 2. The van der Waals surface area contributed by atoms with Crippen molar-refractivity contribution in [3.8, 4) is 11.5 Å². The minimum absolute atomic E-state index is 0.102. The summed E-state index contributed by atoms with van der Waals surface area (Å²) in [5.74, 6) is 1.32. The van der Waals surface area contributed by atoms with Gasteiger partial charge < -0.3 is 19.7 Å². The van der Waals surface area contributed by atoms with Gasteiger partial charge in [-0.15, -0.1) is 0 Å². The van der Waals surface area contributed by atoms with Crippen molar-refractivity contribution < 1.29 is 19.7 Å². The second-order valence-electron chi connectivity index (χ2n) is 4.63. The van der Waals surface area contributed by atoms with E-state index in [9.17, 15) is 5.11 Å². The normalized spacial score (nSPS) is 10.4. The topological polar surface area (TPSA) is 58.9 Å². The molecule has 0 heterocycles. The first-order chi connectivity index (χ1) is 10.3. The molecule has 4 heteroatoms. The highest BCUT2D eigenvalue weighted by Crippen LogP contribution is 2.25. The summed E-state index contributed by atoms with van der Waals surface area (Å²) in [6.07, 6.45) is 0.584. The predicted molar refractivity (Wildman–Crippen MR) is 80.3 cm³/mol. The zero-order valence-corrected chi connectivity index (χ0v) is 11.9. The second kappa shape index (κ2) is 8.29. The number of hydrogen-bond donors (Lipinski definition) is 2. The van der Waals surface area contributed by atoms with Gasteiger partial charge in [0.05, 0.1) is 13.2 Å². The Balaban J connectivity index is 1.99. The molecule has 21 heavy (non-hydrogen) atoms. The minimum atomic E-state index is -0.110. The molecule has 2 aromatic carbocycles. The zero-order valence-electron chi connectivity index (χ0n) is 11.9. The molecule has 0 amide bonds. The Kier molecular flexibility index (Phi) is 6.06. The number of hydrogen-bond acceptors (Lipinski definition) is 4. The van der Waals surface area contributed by atoms with Crippen molar-refractivity contribution in [1.82, 2.24) is 0 Å². The highest BCUT2D eigenvalue weighted by Gasteiger charge is 2.06. The molecule has 0 atom stereocenters. The van der Waals surface area contributed by atoms with Crippen molar-refractivity contribution in [2.45, 2.75) is 19.6 Å². The largest absolute Gasteiger partial charge is 0.493 e. The van der Waals surface area contributed by atoms with Gasteiger partial charge in [-0.25, -0.2) is 0 Å². The van der Waals surface area contributed by atoms with Gasteiger partial charge >= 0.3 is 0 Å². The molecule has 0 fully saturated rings. The third kappa shape index (κ3) is 4.77. The van der Waals surface area contributed by atoms with Gasteiger partial charge in [0.25, 0.3) is 0 Å². The van der Waals surface area contributed by atoms with E-state index in [1.54, 1.807) is 18.2 Å². The molecule has 0 aromatic heterocycles. The molecule has 0 saturated carbocycles. The lowest BCUT2D eigenvalue weighted by Crippen LogP contribution is -2.02. The standard InChI is InChI=1S/C17H20O4/c18-9-4-10-20-16-7-8-17(15(11-16)12-19)21-13-14-5-2-1-3-6-14/h1-3,5-8,11,18-19H,4,9-10,12-13H2. The molecule has 0 aliphatic rings. The Morgan fingerprint density at radius 2 is 1.71 bits per heavy atom. The van der Waals surface area contributed by atoms with Crippen LogP contribution >= 0.6 is 0 Å². The maximum atomic E-state index is 9.44. The van der Waals surface area contributed by atoms with Gasteiger partial charge in [-0.05, 0) is 23.8 Å². The van der Waals surface area contributed by atoms with Crippen LogP contribution in [0.2, 0.25) is 0 Å². The fourth-order valence-corrected chi connectivity index (χ4v) is 1.90. The average molecular weight is 288 g/mol. The molecular weight excluding hydrogens is 268 g/mol. The van der Waals surface area contributed by atoms with Crippen LogP contribution in [-0.4, -0.2) is 23.4 Å². The highest BCUT2D eigenvalue weighted by atomic mass is 16.5. The summed E-state index contributed by atoms with van der Waals surface area (Å²) in [7, 11) is 0. The van der Waals surface area contributed by atoms with Crippen molar-refractivity contribution in [3.05, 3.63) is 59.7 Å². The molecule has 0 unspecified atom stereocenters. The third-order valence-electron chi connectivity index (χ3n) is 3.01. The van der Waals surface area contributed by atoms with Crippen LogP contribution in [0.3, 0.4) is 0 Å². The van der Waals surface area contributed by atoms with Crippen LogP contribution in [0.25, 0.3) is 0 Å². The van der Waals surface area contributed by atoms with Crippen molar-refractivity contribution in [1.29, 1.82) is 0 Å². The van der Waals surface area contributed by atoms with Crippen LogP contribution in [0.15, 0.2) is 48.5 Å². The van der Waals surface area contributed by atoms with Gasteiger partial charge in [-0.3, -0.25) is 0 Å². The summed E-state index contributed by atoms with van der Waals surface area (Å²) < 4.78 is 11.2. The van der Waals surface area contributed by atoms with Crippen LogP contribution in [0.5, 0.6) is 11.5 Å². The highest BCUT2D eigenvalue weighted by molar-refractivity contribution is 5.40. The molecule has 0 spiro atoms. The van der Waals surface area contributed by atoms with Gasteiger partial charge in [0.2, 0.25) is 0 Å². The molecule has 2 aromatic rings. The van der Waals surface area contributed by atoms with Gasteiger partial charge in [0.15, 0.2) is 0 Å². The molecule has 0 bridgehead atoms. The molecule has 0 aliphatic heterocycles. The van der Waals surface area contributed by atoms with E-state index >= 15 is 0 Å². The molecule has 0 aliphatic carbocycles. The smallest absolute Gasteiger partial charge is 0.125 e.